The third-order valence-electron chi connectivity index (χ3n) is 1.81. The Labute approximate surface area is 71.2 Å². The van der Waals surface area contributed by atoms with Crippen molar-refractivity contribution in [1.82, 2.24) is 0 Å². The molecule has 2 heteroatoms. The molecule has 1 aromatic rings. The van der Waals surface area contributed by atoms with Crippen molar-refractivity contribution in [2.75, 3.05) is 0 Å². The van der Waals surface area contributed by atoms with Gasteiger partial charge in [-0.3, -0.25) is 9.59 Å². The average molecular weight is 162 g/mol. The Bertz CT molecular complexity index is 303. The normalized spacial score (nSPS) is 9.42. The van der Waals surface area contributed by atoms with Crippen molar-refractivity contribution in [3.8, 4) is 0 Å². The monoisotopic (exact) mass is 162 g/mol. The minimum atomic E-state index is 0.623. The Morgan fingerprint density at radius 2 is 2.00 bits per heavy atom. The summed E-state index contributed by atoms with van der Waals surface area (Å²) in [5.41, 5.74) is 2.22. The van der Waals surface area contributed by atoms with Crippen LogP contribution in [0.2, 0.25) is 0 Å². The quantitative estimate of drug-likeness (QED) is 0.636. The molecule has 0 heterocycles. The fourth-order valence-electron chi connectivity index (χ4n) is 1.12. The molecule has 0 spiro atoms. The predicted octanol–water partition coefficient (Wildman–Crippen LogP) is 1.87. The maximum absolute atomic E-state index is 10.5. The van der Waals surface area contributed by atoms with Crippen molar-refractivity contribution in [3.05, 3.63) is 34.9 Å². The van der Waals surface area contributed by atoms with Gasteiger partial charge in [-0.15, -0.1) is 0 Å². The predicted molar refractivity (Wildman–Crippen MR) is 46.6 cm³/mol. The van der Waals surface area contributed by atoms with Crippen LogP contribution in [0.4, 0.5) is 0 Å². The molecular formula is C10H10O2. The summed E-state index contributed by atoms with van der Waals surface area (Å²) in [5.74, 6) is 0. The molecule has 12 heavy (non-hydrogen) atoms. The molecule has 0 atom stereocenters. The second-order valence-corrected chi connectivity index (χ2v) is 2.55. The average Bonchev–Trinajstić information content (AvgIpc) is 2.16. The van der Waals surface area contributed by atoms with E-state index in [0.29, 0.717) is 11.1 Å². The maximum Gasteiger partial charge on any atom is 0.150 e. The van der Waals surface area contributed by atoms with Crippen LogP contribution < -0.4 is 0 Å². The van der Waals surface area contributed by atoms with Crippen LogP contribution in [-0.4, -0.2) is 12.6 Å². The molecule has 62 valence electrons. The van der Waals surface area contributed by atoms with E-state index in [-0.39, 0.29) is 0 Å². The largest absolute Gasteiger partial charge is 0.298 e. The highest BCUT2D eigenvalue weighted by atomic mass is 16.1. The number of aryl methyl sites for hydroxylation is 1. The molecule has 0 radical (unpaired) electrons. The Hall–Kier alpha value is -1.44. The summed E-state index contributed by atoms with van der Waals surface area (Å²) in [6.07, 6.45) is 2.37. The SMILES string of the molecule is CCc1cc(C=O)ccc1C=O. The third kappa shape index (κ3) is 1.59. The molecule has 0 aliphatic rings. The molecule has 0 unspecified atom stereocenters. The molecule has 0 N–H and O–H groups in total. The minimum Gasteiger partial charge on any atom is -0.298 e. The topological polar surface area (TPSA) is 34.1 Å². The van der Waals surface area contributed by atoms with E-state index in [9.17, 15) is 9.59 Å². The van der Waals surface area contributed by atoms with Crippen molar-refractivity contribution in [3.63, 3.8) is 0 Å². The Morgan fingerprint density at radius 1 is 1.25 bits per heavy atom. The van der Waals surface area contributed by atoms with Crippen molar-refractivity contribution >= 4 is 12.6 Å². The van der Waals surface area contributed by atoms with Crippen LogP contribution in [0, 0.1) is 0 Å². The molecule has 0 saturated heterocycles. The van der Waals surface area contributed by atoms with Crippen molar-refractivity contribution in [1.29, 1.82) is 0 Å². The fraction of sp³-hybridized carbons (Fsp3) is 0.200. The second kappa shape index (κ2) is 3.81. The molecular weight excluding hydrogens is 152 g/mol. The zero-order chi connectivity index (χ0) is 8.97. The number of hydrogen-bond donors (Lipinski definition) is 0. The van der Waals surface area contributed by atoms with Gasteiger partial charge in [0, 0.05) is 11.1 Å². The second-order valence-electron chi connectivity index (χ2n) is 2.55. The molecule has 1 rings (SSSR count). The van der Waals surface area contributed by atoms with Gasteiger partial charge in [-0.05, 0) is 18.1 Å². The van der Waals surface area contributed by atoms with E-state index in [2.05, 4.69) is 0 Å². The van der Waals surface area contributed by atoms with Gasteiger partial charge in [0.1, 0.15) is 12.6 Å². The lowest BCUT2D eigenvalue weighted by atomic mass is 10.0. The summed E-state index contributed by atoms with van der Waals surface area (Å²) in [6, 6.07) is 5.07. The first-order valence-corrected chi connectivity index (χ1v) is 3.85. The van der Waals surface area contributed by atoms with Crippen LogP contribution in [0.3, 0.4) is 0 Å². The van der Waals surface area contributed by atoms with E-state index < -0.39 is 0 Å². The van der Waals surface area contributed by atoms with Crippen LogP contribution in [0.25, 0.3) is 0 Å². The van der Waals surface area contributed by atoms with Crippen LogP contribution in [0.1, 0.15) is 33.2 Å². The van der Waals surface area contributed by atoms with Gasteiger partial charge in [-0.2, -0.15) is 0 Å². The zero-order valence-electron chi connectivity index (χ0n) is 6.91. The Kier molecular flexibility index (Phi) is 2.75. The summed E-state index contributed by atoms with van der Waals surface area (Å²) >= 11 is 0. The highest BCUT2D eigenvalue weighted by Gasteiger charge is 1.99. The lowest BCUT2D eigenvalue weighted by molar-refractivity contribution is 0.111. The van der Waals surface area contributed by atoms with Crippen molar-refractivity contribution in [2.45, 2.75) is 13.3 Å². The molecule has 0 fully saturated rings. The number of rotatable bonds is 3. The summed E-state index contributed by atoms with van der Waals surface area (Å²) < 4.78 is 0. The highest BCUT2D eigenvalue weighted by Crippen LogP contribution is 2.09. The molecule has 0 aliphatic heterocycles. The van der Waals surface area contributed by atoms with Gasteiger partial charge >= 0.3 is 0 Å². The lowest BCUT2D eigenvalue weighted by Crippen LogP contribution is -1.92. The van der Waals surface area contributed by atoms with Crippen LogP contribution in [0.15, 0.2) is 18.2 Å². The van der Waals surface area contributed by atoms with Gasteiger partial charge in [0.05, 0.1) is 0 Å². The van der Waals surface area contributed by atoms with Crippen LogP contribution >= 0.6 is 0 Å². The van der Waals surface area contributed by atoms with Gasteiger partial charge in [0.2, 0.25) is 0 Å². The van der Waals surface area contributed by atoms with Gasteiger partial charge in [0.15, 0.2) is 0 Å². The summed E-state index contributed by atoms with van der Waals surface area (Å²) in [7, 11) is 0. The van der Waals surface area contributed by atoms with E-state index in [1.54, 1.807) is 18.2 Å². The Balaban J connectivity index is 3.18. The molecule has 1 aromatic carbocycles. The summed E-state index contributed by atoms with van der Waals surface area (Å²) in [6.45, 7) is 1.96. The first-order valence-electron chi connectivity index (χ1n) is 3.85. The smallest absolute Gasteiger partial charge is 0.150 e. The van der Waals surface area contributed by atoms with Crippen molar-refractivity contribution in [2.24, 2.45) is 0 Å². The molecule has 0 aromatic heterocycles. The minimum absolute atomic E-state index is 0.623. The standard InChI is InChI=1S/C10H10O2/c1-2-9-5-8(6-11)3-4-10(9)7-12/h3-7H,2H2,1H3. The van der Waals surface area contributed by atoms with E-state index in [1.165, 1.54) is 0 Å². The number of benzene rings is 1. The van der Waals surface area contributed by atoms with E-state index in [4.69, 9.17) is 0 Å². The van der Waals surface area contributed by atoms with Gasteiger partial charge in [0.25, 0.3) is 0 Å². The van der Waals surface area contributed by atoms with Crippen molar-refractivity contribution < 1.29 is 9.59 Å². The molecule has 2 nitrogen and oxygen atoms in total. The van der Waals surface area contributed by atoms with E-state index in [0.717, 1.165) is 24.6 Å². The van der Waals surface area contributed by atoms with Crippen LogP contribution in [0.5, 0.6) is 0 Å². The van der Waals surface area contributed by atoms with Crippen LogP contribution in [-0.2, 0) is 6.42 Å². The number of hydrogen-bond acceptors (Lipinski definition) is 2. The molecule has 0 saturated carbocycles. The maximum atomic E-state index is 10.5. The fourth-order valence-corrected chi connectivity index (χ4v) is 1.12. The zero-order valence-corrected chi connectivity index (χ0v) is 6.91. The number of carbonyl (C=O) groups excluding carboxylic acids is 2. The van der Waals surface area contributed by atoms with E-state index >= 15 is 0 Å². The number of carbonyl (C=O) groups is 2. The molecule has 0 aliphatic carbocycles. The van der Waals surface area contributed by atoms with E-state index in [1.807, 2.05) is 6.92 Å². The summed E-state index contributed by atoms with van der Waals surface area (Å²) in [5, 5.41) is 0. The molecule has 0 amide bonds. The first kappa shape index (κ1) is 8.65. The highest BCUT2D eigenvalue weighted by molar-refractivity contribution is 5.81. The lowest BCUT2D eigenvalue weighted by Gasteiger charge is -2.00. The molecule has 0 bridgehead atoms. The first-order chi connectivity index (χ1) is 5.81. The van der Waals surface area contributed by atoms with Gasteiger partial charge in [-0.25, -0.2) is 0 Å². The van der Waals surface area contributed by atoms with Gasteiger partial charge in [-0.1, -0.05) is 19.1 Å². The third-order valence-corrected chi connectivity index (χ3v) is 1.81. The van der Waals surface area contributed by atoms with Gasteiger partial charge < -0.3 is 0 Å². The summed E-state index contributed by atoms with van der Waals surface area (Å²) in [4.78, 5) is 20.9. The Morgan fingerprint density at radius 3 is 2.50 bits per heavy atom. The number of aldehydes is 2.